The molecular weight excluding hydrogens is 182 g/mol. The number of hydrogen-bond donors (Lipinski definition) is 0. The van der Waals surface area contributed by atoms with Crippen LogP contribution in [0.25, 0.3) is 0 Å². The fraction of sp³-hybridized carbons (Fsp3) is 1.00. The van der Waals surface area contributed by atoms with Gasteiger partial charge in [0, 0.05) is 13.1 Å². The Hall–Kier alpha value is -0.0400. The number of rotatable bonds is 2. The largest absolute Gasteiger partial charge is 0.302 e. The van der Waals surface area contributed by atoms with E-state index in [-0.39, 0.29) is 0 Å². The molecule has 0 atom stereocenters. The minimum Gasteiger partial charge on any atom is -0.302 e. The lowest BCUT2D eigenvalue weighted by atomic mass is 9.65. The minimum absolute atomic E-state index is 0.779. The quantitative estimate of drug-likeness (QED) is 0.669. The lowest BCUT2D eigenvalue weighted by molar-refractivity contribution is -0.0348. The molecular formula is C14H29N. The second kappa shape index (κ2) is 5.89. The normalized spacial score (nSPS) is 25.6. The Morgan fingerprint density at radius 2 is 1.60 bits per heavy atom. The second-order valence-corrected chi connectivity index (χ2v) is 5.15. The van der Waals surface area contributed by atoms with Gasteiger partial charge in [0.15, 0.2) is 0 Å². The molecule has 2 aliphatic rings. The van der Waals surface area contributed by atoms with E-state index in [1.165, 1.54) is 51.7 Å². The van der Waals surface area contributed by atoms with Crippen molar-refractivity contribution in [2.45, 2.75) is 59.8 Å². The van der Waals surface area contributed by atoms with Crippen molar-refractivity contribution in [2.24, 2.45) is 11.3 Å². The molecule has 0 bridgehead atoms. The van der Waals surface area contributed by atoms with Gasteiger partial charge >= 0.3 is 0 Å². The van der Waals surface area contributed by atoms with Crippen LogP contribution in [0.15, 0.2) is 0 Å². The average molecular weight is 211 g/mol. The van der Waals surface area contributed by atoms with Gasteiger partial charge in [-0.3, -0.25) is 0 Å². The Morgan fingerprint density at radius 1 is 1.07 bits per heavy atom. The van der Waals surface area contributed by atoms with Crippen LogP contribution in [-0.4, -0.2) is 24.5 Å². The molecule has 0 N–H and O–H groups in total. The lowest BCUT2D eigenvalue weighted by Crippen LogP contribution is -2.57. The molecule has 1 saturated carbocycles. The highest BCUT2D eigenvalue weighted by atomic mass is 15.2. The summed E-state index contributed by atoms with van der Waals surface area (Å²) in [6.07, 6.45) is 7.46. The smallest absolute Gasteiger partial charge is 0.00504 e. The van der Waals surface area contributed by atoms with E-state index in [0.29, 0.717) is 0 Å². The third-order valence-corrected chi connectivity index (χ3v) is 4.31. The maximum Gasteiger partial charge on any atom is 0.00504 e. The summed E-state index contributed by atoms with van der Waals surface area (Å²) >= 11 is 0. The topological polar surface area (TPSA) is 3.24 Å². The highest BCUT2D eigenvalue weighted by molar-refractivity contribution is 4.97. The Bertz CT molecular complexity index is 160. The van der Waals surface area contributed by atoms with Crippen LogP contribution in [0.1, 0.15) is 59.8 Å². The summed E-state index contributed by atoms with van der Waals surface area (Å²) in [6.45, 7) is 12.7. The van der Waals surface area contributed by atoms with E-state index in [9.17, 15) is 0 Å². The lowest BCUT2D eigenvalue weighted by Gasteiger charge is -2.53. The van der Waals surface area contributed by atoms with Crippen molar-refractivity contribution in [2.75, 3.05) is 19.6 Å². The fourth-order valence-electron chi connectivity index (χ4n) is 3.14. The molecule has 1 nitrogen and oxygen atoms in total. The van der Waals surface area contributed by atoms with Gasteiger partial charge in [0.1, 0.15) is 0 Å². The molecule has 0 amide bonds. The zero-order valence-corrected chi connectivity index (χ0v) is 11.2. The van der Waals surface area contributed by atoms with Crippen LogP contribution in [0.3, 0.4) is 0 Å². The SMILES string of the molecule is CC.CCC1CCC2(CC1)CN(CC)C2. The molecule has 0 aromatic carbocycles. The monoisotopic (exact) mass is 211 g/mol. The van der Waals surface area contributed by atoms with Gasteiger partial charge in [-0.2, -0.15) is 0 Å². The molecule has 1 aliphatic heterocycles. The van der Waals surface area contributed by atoms with Crippen LogP contribution in [0.5, 0.6) is 0 Å². The molecule has 1 spiro atoms. The van der Waals surface area contributed by atoms with E-state index < -0.39 is 0 Å². The Balaban J connectivity index is 0.000000531. The zero-order chi connectivity index (χ0) is 11.3. The van der Waals surface area contributed by atoms with E-state index in [1.54, 1.807) is 0 Å². The molecule has 15 heavy (non-hydrogen) atoms. The summed E-state index contributed by atoms with van der Waals surface area (Å²) in [5, 5.41) is 0. The molecule has 2 fully saturated rings. The highest BCUT2D eigenvalue weighted by Crippen LogP contribution is 2.45. The van der Waals surface area contributed by atoms with Crippen molar-refractivity contribution >= 4 is 0 Å². The summed E-state index contributed by atoms with van der Waals surface area (Å²) in [5.41, 5.74) is 0.779. The molecule has 0 radical (unpaired) electrons. The molecule has 90 valence electrons. The van der Waals surface area contributed by atoms with E-state index in [1.807, 2.05) is 13.8 Å². The maximum atomic E-state index is 2.59. The molecule has 0 unspecified atom stereocenters. The predicted octanol–water partition coefficient (Wildman–Crippen LogP) is 3.93. The van der Waals surface area contributed by atoms with Crippen molar-refractivity contribution in [1.29, 1.82) is 0 Å². The third-order valence-electron chi connectivity index (χ3n) is 4.31. The Kier molecular flexibility index (Phi) is 5.11. The first-order chi connectivity index (χ1) is 7.28. The average Bonchev–Trinajstić information content (AvgIpc) is 2.28. The van der Waals surface area contributed by atoms with Gasteiger partial charge in [-0.05, 0) is 43.6 Å². The van der Waals surface area contributed by atoms with Crippen molar-refractivity contribution in [1.82, 2.24) is 4.90 Å². The van der Waals surface area contributed by atoms with Crippen LogP contribution in [0, 0.1) is 11.3 Å². The van der Waals surface area contributed by atoms with E-state index >= 15 is 0 Å². The third kappa shape index (κ3) is 2.96. The van der Waals surface area contributed by atoms with Crippen LogP contribution >= 0.6 is 0 Å². The summed E-state index contributed by atoms with van der Waals surface area (Å²) in [4.78, 5) is 2.59. The number of nitrogens with zero attached hydrogens (tertiary/aromatic N) is 1. The molecule has 0 aromatic heterocycles. The van der Waals surface area contributed by atoms with E-state index in [4.69, 9.17) is 0 Å². The summed E-state index contributed by atoms with van der Waals surface area (Å²) in [7, 11) is 0. The summed E-state index contributed by atoms with van der Waals surface area (Å²) in [6, 6.07) is 0. The minimum atomic E-state index is 0.779. The van der Waals surface area contributed by atoms with Gasteiger partial charge in [-0.1, -0.05) is 34.1 Å². The van der Waals surface area contributed by atoms with Crippen LogP contribution < -0.4 is 0 Å². The van der Waals surface area contributed by atoms with E-state index in [2.05, 4.69) is 18.7 Å². The van der Waals surface area contributed by atoms with E-state index in [0.717, 1.165) is 11.3 Å². The number of hydrogen-bond acceptors (Lipinski definition) is 1. The first-order valence-electron chi connectivity index (χ1n) is 7.00. The molecule has 1 heterocycles. The van der Waals surface area contributed by atoms with Crippen molar-refractivity contribution in [3.05, 3.63) is 0 Å². The van der Waals surface area contributed by atoms with Gasteiger partial charge in [0.2, 0.25) is 0 Å². The van der Waals surface area contributed by atoms with Crippen LogP contribution in [0.2, 0.25) is 0 Å². The molecule has 1 aliphatic carbocycles. The van der Waals surface area contributed by atoms with Crippen molar-refractivity contribution in [3.63, 3.8) is 0 Å². The van der Waals surface area contributed by atoms with Crippen molar-refractivity contribution in [3.8, 4) is 0 Å². The molecule has 1 heteroatoms. The maximum absolute atomic E-state index is 2.59. The highest BCUT2D eigenvalue weighted by Gasteiger charge is 2.43. The van der Waals surface area contributed by atoms with Gasteiger partial charge in [0.05, 0.1) is 0 Å². The molecule has 0 aromatic rings. The first kappa shape index (κ1) is 13.0. The summed E-state index contributed by atoms with van der Waals surface area (Å²) in [5.74, 6) is 1.06. The molecule has 1 saturated heterocycles. The zero-order valence-electron chi connectivity index (χ0n) is 11.2. The predicted molar refractivity (Wildman–Crippen MR) is 68.1 cm³/mol. The Labute approximate surface area is 96.2 Å². The van der Waals surface area contributed by atoms with Gasteiger partial charge in [-0.15, -0.1) is 0 Å². The Morgan fingerprint density at radius 3 is 2.00 bits per heavy atom. The van der Waals surface area contributed by atoms with Gasteiger partial charge in [-0.25, -0.2) is 0 Å². The summed E-state index contributed by atoms with van der Waals surface area (Å²) < 4.78 is 0. The van der Waals surface area contributed by atoms with Gasteiger partial charge < -0.3 is 4.90 Å². The van der Waals surface area contributed by atoms with Gasteiger partial charge in [0.25, 0.3) is 0 Å². The standard InChI is InChI=1S/C12H23N.C2H6/c1-3-11-5-7-12(8-6-11)9-13(4-2)10-12;1-2/h11H,3-10H2,1-2H3;1-2H3. The molecule has 2 rings (SSSR count). The van der Waals surface area contributed by atoms with Crippen LogP contribution in [-0.2, 0) is 0 Å². The van der Waals surface area contributed by atoms with Crippen LogP contribution in [0.4, 0.5) is 0 Å². The second-order valence-electron chi connectivity index (χ2n) is 5.15. The fourth-order valence-corrected chi connectivity index (χ4v) is 3.14. The first-order valence-corrected chi connectivity index (χ1v) is 7.00. The number of likely N-dealkylation sites (tertiary alicyclic amines) is 1. The van der Waals surface area contributed by atoms with Crippen molar-refractivity contribution < 1.29 is 0 Å².